The average molecular weight is 590 g/mol. The zero-order valence-electron chi connectivity index (χ0n) is 24.3. The topological polar surface area (TPSA) is 88.2 Å². The molecule has 1 atom stereocenters. The number of rotatable bonds is 10. The minimum absolute atomic E-state index is 0.0106. The van der Waals surface area contributed by atoms with E-state index in [1.165, 1.54) is 43.4 Å². The lowest BCUT2D eigenvalue weighted by Gasteiger charge is -2.57. The Morgan fingerprint density at radius 3 is 2.17 bits per heavy atom. The van der Waals surface area contributed by atoms with Crippen molar-refractivity contribution in [1.29, 1.82) is 0 Å². The summed E-state index contributed by atoms with van der Waals surface area (Å²) in [4.78, 5) is 42.9. The normalized spacial score (nSPS) is 27.9. The fraction of sp³-hybridized carbons (Fsp3) is 0.515. The number of amides is 2. The molecule has 0 aromatic heterocycles. The molecule has 222 valence electrons. The van der Waals surface area contributed by atoms with Gasteiger partial charge < -0.3 is 19.7 Å². The largest absolute Gasteiger partial charge is 0.497 e. The SMILES string of the molecule is CCOC(=O)c1ccc(N2C(=O)[C@H](CC(=O)Nc3ccc(OC)cc3)N(CCC34CC5CC(CC(C5)C3)C4)C2=S)cc1. The number of hydrogen-bond acceptors (Lipinski definition) is 6. The number of anilines is 2. The van der Waals surface area contributed by atoms with Crippen LogP contribution in [0.25, 0.3) is 0 Å². The van der Waals surface area contributed by atoms with Gasteiger partial charge in [0.25, 0.3) is 5.91 Å². The molecule has 7 rings (SSSR count). The van der Waals surface area contributed by atoms with Crippen LogP contribution in [0.1, 0.15) is 68.6 Å². The molecule has 9 heteroatoms. The molecule has 5 fully saturated rings. The third kappa shape index (κ3) is 5.63. The molecule has 1 aliphatic heterocycles. The predicted molar refractivity (Wildman–Crippen MR) is 164 cm³/mol. The summed E-state index contributed by atoms with van der Waals surface area (Å²) in [5.74, 6) is 2.33. The standard InChI is InChI=1S/C33H39N3O5S/c1-3-41-31(39)24-4-8-26(9-5-24)36-30(38)28(17-29(37)34-25-6-10-27(40-2)11-7-25)35(32(36)42)13-12-33-18-21-14-22(19-33)16-23(15-21)20-33/h4-11,21-23,28H,3,12-20H2,1-2H3,(H,34,37)/t21?,22?,23?,28-,33?/m0/s1. The molecule has 5 aliphatic rings. The van der Waals surface area contributed by atoms with Gasteiger partial charge in [0.15, 0.2) is 5.11 Å². The van der Waals surface area contributed by atoms with Gasteiger partial charge in [0.1, 0.15) is 11.8 Å². The van der Waals surface area contributed by atoms with Crippen molar-refractivity contribution in [1.82, 2.24) is 4.90 Å². The quantitative estimate of drug-likeness (QED) is 0.276. The third-order valence-corrected chi connectivity index (χ3v) is 10.2. The van der Waals surface area contributed by atoms with Crippen molar-refractivity contribution in [2.24, 2.45) is 23.2 Å². The van der Waals surface area contributed by atoms with Gasteiger partial charge in [0.05, 0.1) is 31.4 Å². The Bertz CT molecular complexity index is 1320. The molecule has 0 unspecified atom stereocenters. The molecule has 1 saturated heterocycles. The highest BCUT2D eigenvalue weighted by molar-refractivity contribution is 7.80. The van der Waals surface area contributed by atoms with Crippen LogP contribution >= 0.6 is 12.2 Å². The number of ether oxygens (including phenoxy) is 2. The Labute approximate surface area is 252 Å². The average Bonchev–Trinajstić information content (AvgIpc) is 3.19. The predicted octanol–water partition coefficient (Wildman–Crippen LogP) is 5.81. The molecule has 8 nitrogen and oxygen atoms in total. The summed E-state index contributed by atoms with van der Waals surface area (Å²) >= 11 is 5.94. The highest BCUT2D eigenvalue weighted by Crippen LogP contribution is 2.61. The Hall–Kier alpha value is -3.46. The van der Waals surface area contributed by atoms with Crippen molar-refractivity contribution < 1.29 is 23.9 Å². The van der Waals surface area contributed by atoms with Crippen molar-refractivity contribution in [3.63, 3.8) is 0 Å². The van der Waals surface area contributed by atoms with Gasteiger partial charge in [-0.1, -0.05) is 0 Å². The zero-order valence-corrected chi connectivity index (χ0v) is 25.2. The van der Waals surface area contributed by atoms with Crippen LogP contribution in [0.15, 0.2) is 48.5 Å². The van der Waals surface area contributed by atoms with Gasteiger partial charge in [-0.2, -0.15) is 0 Å². The van der Waals surface area contributed by atoms with Crippen molar-refractivity contribution in [3.05, 3.63) is 54.1 Å². The lowest BCUT2D eigenvalue weighted by Crippen LogP contribution is -2.48. The molecular weight excluding hydrogens is 550 g/mol. The second kappa shape index (κ2) is 11.7. The van der Waals surface area contributed by atoms with Gasteiger partial charge >= 0.3 is 5.97 Å². The van der Waals surface area contributed by atoms with Crippen LogP contribution in [0.3, 0.4) is 0 Å². The Balaban J connectivity index is 1.21. The summed E-state index contributed by atoms with van der Waals surface area (Å²) in [6.45, 7) is 2.69. The number of nitrogens with zero attached hydrogens (tertiary/aromatic N) is 2. The summed E-state index contributed by atoms with van der Waals surface area (Å²) in [7, 11) is 1.59. The molecule has 0 radical (unpaired) electrons. The zero-order chi connectivity index (χ0) is 29.4. The van der Waals surface area contributed by atoms with E-state index in [4.69, 9.17) is 21.7 Å². The van der Waals surface area contributed by atoms with Gasteiger partial charge in [-0.25, -0.2) is 4.79 Å². The molecule has 1 heterocycles. The van der Waals surface area contributed by atoms with Gasteiger partial charge in [0.2, 0.25) is 5.91 Å². The van der Waals surface area contributed by atoms with Crippen LogP contribution in [0, 0.1) is 23.2 Å². The number of carbonyl (C=O) groups is 3. The highest BCUT2D eigenvalue weighted by atomic mass is 32.1. The van der Waals surface area contributed by atoms with Crippen molar-refractivity contribution in [2.75, 3.05) is 30.5 Å². The number of carbonyl (C=O) groups excluding carboxylic acids is 3. The summed E-state index contributed by atoms with van der Waals surface area (Å²) in [5, 5.41) is 3.34. The van der Waals surface area contributed by atoms with Crippen LogP contribution in [-0.2, 0) is 14.3 Å². The fourth-order valence-corrected chi connectivity index (χ4v) is 8.72. The Morgan fingerprint density at radius 2 is 1.60 bits per heavy atom. The minimum atomic E-state index is -0.700. The molecule has 1 N–H and O–H groups in total. The van der Waals surface area contributed by atoms with Crippen molar-refractivity contribution >= 4 is 46.5 Å². The maximum absolute atomic E-state index is 14.0. The summed E-state index contributed by atoms with van der Waals surface area (Å²) < 4.78 is 10.3. The smallest absolute Gasteiger partial charge is 0.338 e. The van der Waals surface area contributed by atoms with E-state index >= 15 is 0 Å². The first-order valence-electron chi connectivity index (χ1n) is 15.1. The van der Waals surface area contributed by atoms with E-state index in [2.05, 4.69) is 5.32 Å². The summed E-state index contributed by atoms with van der Waals surface area (Å²) in [6, 6.07) is 13.1. The molecule has 2 aromatic rings. The number of nitrogens with one attached hydrogen (secondary N) is 1. The number of methoxy groups -OCH3 is 1. The van der Waals surface area contributed by atoms with Gasteiger partial charge in [0, 0.05) is 12.2 Å². The minimum Gasteiger partial charge on any atom is -0.497 e. The first-order valence-corrected chi connectivity index (χ1v) is 15.5. The van der Waals surface area contributed by atoms with Gasteiger partial charge in [-0.15, -0.1) is 0 Å². The van der Waals surface area contributed by atoms with Gasteiger partial charge in [-0.3, -0.25) is 14.5 Å². The highest BCUT2D eigenvalue weighted by Gasteiger charge is 2.52. The van der Waals surface area contributed by atoms with E-state index in [0.29, 0.717) is 39.8 Å². The van der Waals surface area contributed by atoms with Crippen LogP contribution in [-0.4, -0.2) is 54.1 Å². The maximum Gasteiger partial charge on any atom is 0.338 e. The molecule has 42 heavy (non-hydrogen) atoms. The summed E-state index contributed by atoms with van der Waals surface area (Å²) in [5.41, 5.74) is 1.95. The van der Waals surface area contributed by atoms with Crippen LogP contribution in [0.4, 0.5) is 11.4 Å². The van der Waals surface area contributed by atoms with E-state index < -0.39 is 12.0 Å². The molecule has 2 aromatic carbocycles. The van der Waals surface area contributed by atoms with Crippen molar-refractivity contribution in [3.8, 4) is 5.75 Å². The van der Waals surface area contributed by atoms with E-state index in [1.807, 2.05) is 4.90 Å². The third-order valence-electron chi connectivity index (χ3n) is 9.76. The second-order valence-electron chi connectivity index (χ2n) is 12.6. The molecule has 2 amide bonds. The number of thiocarbonyl (C=S) groups is 1. The second-order valence-corrected chi connectivity index (χ2v) is 12.9. The van der Waals surface area contributed by atoms with Crippen molar-refractivity contribution in [2.45, 2.75) is 64.3 Å². The maximum atomic E-state index is 14.0. The lowest BCUT2D eigenvalue weighted by molar-refractivity contribution is -0.124. The van der Waals surface area contributed by atoms with E-state index in [0.717, 1.165) is 24.2 Å². The number of esters is 1. The summed E-state index contributed by atoms with van der Waals surface area (Å²) in [6.07, 6.45) is 8.93. The Morgan fingerprint density at radius 1 is 0.976 bits per heavy atom. The molecule has 4 saturated carbocycles. The number of hydrogen-bond donors (Lipinski definition) is 1. The molecule has 0 spiro atoms. The molecule has 4 bridgehead atoms. The van der Waals surface area contributed by atoms with E-state index in [1.54, 1.807) is 62.6 Å². The fourth-order valence-electron chi connectivity index (χ4n) is 8.30. The Kier molecular flexibility index (Phi) is 7.96. The van der Waals surface area contributed by atoms with Crippen LogP contribution in [0.5, 0.6) is 5.75 Å². The van der Waals surface area contributed by atoms with E-state index in [-0.39, 0.29) is 24.8 Å². The lowest BCUT2D eigenvalue weighted by atomic mass is 9.49. The monoisotopic (exact) mass is 589 g/mol. The van der Waals surface area contributed by atoms with Gasteiger partial charge in [-0.05, 0) is 136 Å². The van der Waals surface area contributed by atoms with E-state index in [9.17, 15) is 14.4 Å². The first-order chi connectivity index (χ1) is 20.3. The molecular formula is C33H39N3O5S. The number of benzene rings is 2. The van der Waals surface area contributed by atoms with Crippen LogP contribution < -0.4 is 15.0 Å². The first kappa shape index (κ1) is 28.6. The molecule has 4 aliphatic carbocycles. The van der Waals surface area contributed by atoms with Crippen LogP contribution in [0.2, 0.25) is 0 Å².